The molecule has 0 radical (unpaired) electrons. The number of nitro groups is 1. The molecule has 19 heavy (non-hydrogen) atoms. The minimum atomic E-state index is -2.78. The second-order valence-electron chi connectivity index (χ2n) is 4.24. The van der Waals surface area contributed by atoms with Crippen molar-refractivity contribution in [3.05, 3.63) is 33.9 Å². The van der Waals surface area contributed by atoms with E-state index >= 15 is 0 Å². The summed E-state index contributed by atoms with van der Waals surface area (Å²) in [5.74, 6) is 0. The Balaban J connectivity index is 2.90. The largest absolute Gasteiger partial charge is 0.396 e. The van der Waals surface area contributed by atoms with Crippen molar-refractivity contribution in [2.75, 3.05) is 11.9 Å². The topological polar surface area (TPSA) is 75.4 Å². The molecule has 0 aliphatic rings. The number of hydrogen-bond donors (Lipinski definition) is 2. The van der Waals surface area contributed by atoms with Crippen LogP contribution in [-0.4, -0.2) is 22.7 Å². The van der Waals surface area contributed by atoms with Gasteiger partial charge in [0.25, 0.3) is 12.1 Å². The zero-order valence-corrected chi connectivity index (χ0v) is 10.5. The number of rotatable bonds is 7. The lowest BCUT2D eigenvalue weighted by Gasteiger charge is -2.17. The van der Waals surface area contributed by atoms with Crippen LogP contribution in [0, 0.1) is 10.1 Å². The Morgan fingerprint density at radius 1 is 1.47 bits per heavy atom. The molecule has 1 aromatic carbocycles. The van der Waals surface area contributed by atoms with Gasteiger partial charge in [0.2, 0.25) is 0 Å². The maximum atomic E-state index is 12.9. The highest BCUT2D eigenvalue weighted by Gasteiger charge is 2.18. The first kappa shape index (κ1) is 15.3. The first-order valence-electron chi connectivity index (χ1n) is 5.89. The van der Waals surface area contributed by atoms with Crippen molar-refractivity contribution in [1.82, 2.24) is 0 Å². The van der Waals surface area contributed by atoms with Crippen LogP contribution < -0.4 is 5.32 Å². The van der Waals surface area contributed by atoms with Crippen molar-refractivity contribution >= 4 is 11.4 Å². The molecule has 0 saturated carbocycles. The highest BCUT2D eigenvalue weighted by molar-refractivity contribution is 5.57. The van der Waals surface area contributed by atoms with Gasteiger partial charge in [0.05, 0.1) is 4.92 Å². The number of non-ortho nitro benzene ring substituents is 1. The summed E-state index contributed by atoms with van der Waals surface area (Å²) in [6.45, 7) is 1.83. The molecule has 0 amide bonds. The molecule has 1 unspecified atom stereocenters. The van der Waals surface area contributed by atoms with E-state index in [1.54, 1.807) is 6.92 Å². The fourth-order valence-electron chi connectivity index (χ4n) is 1.71. The van der Waals surface area contributed by atoms with E-state index in [2.05, 4.69) is 5.32 Å². The summed E-state index contributed by atoms with van der Waals surface area (Å²) in [4.78, 5) is 9.86. The van der Waals surface area contributed by atoms with Crippen molar-refractivity contribution in [3.63, 3.8) is 0 Å². The minimum Gasteiger partial charge on any atom is -0.396 e. The molecule has 0 fully saturated rings. The number of hydrogen-bond acceptors (Lipinski definition) is 4. The van der Waals surface area contributed by atoms with Crippen molar-refractivity contribution in [2.24, 2.45) is 0 Å². The molecule has 1 rings (SSSR count). The molecule has 2 N–H and O–H groups in total. The third kappa shape index (κ3) is 4.44. The van der Waals surface area contributed by atoms with Gasteiger partial charge >= 0.3 is 0 Å². The zero-order chi connectivity index (χ0) is 14.4. The fourth-order valence-corrected chi connectivity index (χ4v) is 1.71. The highest BCUT2D eigenvalue weighted by Crippen LogP contribution is 2.31. The molecule has 1 aromatic rings. The summed E-state index contributed by atoms with van der Waals surface area (Å²) in [5.41, 5.74) is -0.556. The summed E-state index contributed by atoms with van der Waals surface area (Å²) in [7, 11) is 0. The minimum absolute atomic E-state index is 0.0357. The Hall–Kier alpha value is -1.76. The number of nitro benzene ring substituents is 1. The lowest BCUT2D eigenvalue weighted by Crippen LogP contribution is -2.16. The number of anilines is 1. The molecule has 0 heterocycles. The van der Waals surface area contributed by atoms with Gasteiger partial charge in [0.1, 0.15) is 0 Å². The van der Waals surface area contributed by atoms with Gasteiger partial charge in [-0.25, -0.2) is 8.78 Å². The van der Waals surface area contributed by atoms with Crippen molar-refractivity contribution in [1.29, 1.82) is 0 Å². The average Bonchev–Trinajstić information content (AvgIpc) is 2.36. The molecule has 0 aromatic heterocycles. The Labute approximate surface area is 109 Å². The second-order valence-corrected chi connectivity index (χ2v) is 4.24. The smallest absolute Gasteiger partial charge is 0.270 e. The third-order valence-electron chi connectivity index (χ3n) is 2.68. The van der Waals surface area contributed by atoms with Crippen LogP contribution >= 0.6 is 0 Å². The first-order chi connectivity index (χ1) is 8.95. The fraction of sp³-hybridized carbons (Fsp3) is 0.500. The first-order valence-corrected chi connectivity index (χ1v) is 5.89. The second kappa shape index (κ2) is 6.98. The molecule has 0 saturated heterocycles. The van der Waals surface area contributed by atoms with Gasteiger partial charge in [-0.1, -0.05) is 0 Å². The normalized spacial score (nSPS) is 12.5. The predicted molar refractivity (Wildman–Crippen MR) is 67.5 cm³/mol. The Morgan fingerprint density at radius 2 is 2.16 bits per heavy atom. The van der Waals surface area contributed by atoms with Crippen LogP contribution in [0.15, 0.2) is 18.2 Å². The van der Waals surface area contributed by atoms with Crippen LogP contribution in [0.2, 0.25) is 0 Å². The number of benzene rings is 1. The highest BCUT2D eigenvalue weighted by atomic mass is 19.3. The Morgan fingerprint density at radius 3 is 2.68 bits per heavy atom. The summed E-state index contributed by atoms with van der Waals surface area (Å²) < 4.78 is 25.7. The number of aliphatic hydroxyl groups excluding tert-OH is 1. The van der Waals surface area contributed by atoms with Crippen LogP contribution in [-0.2, 0) is 0 Å². The Kier molecular flexibility index (Phi) is 5.62. The molecule has 0 bridgehead atoms. The van der Waals surface area contributed by atoms with Crippen LogP contribution in [0.1, 0.15) is 31.8 Å². The van der Waals surface area contributed by atoms with E-state index in [1.807, 2.05) is 0 Å². The van der Waals surface area contributed by atoms with Crippen LogP contribution in [0.3, 0.4) is 0 Å². The molecule has 0 aliphatic carbocycles. The van der Waals surface area contributed by atoms with Gasteiger partial charge in [-0.05, 0) is 25.8 Å². The van der Waals surface area contributed by atoms with Crippen molar-refractivity contribution < 1.29 is 18.8 Å². The maximum absolute atomic E-state index is 12.9. The molecule has 106 valence electrons. The van der Waals surface area contributed by atoms with E-state index in [0.29, 0.717) is 12.8 Å². The van der Waals surface area contributed by atoms with E-state index in [0.717, 1.165) is 6.07 Å². The molecular weight excluding hydrogens is 258 g/mol. The van der Waals surface area contributed by atoms with E-state index in [-0.39, 0.29) is 29.6 Å². The van der Waals surface area contributed by atoms with Gasteiger partial charge in [0.15, 0.2) is 0 Å². The van der Waals surface area contributed by atoms with Gasteiger partial charge in [-0.15, -0.1) is 0 Å². The number of aliphatic hydroxyl groups is 1. The summed E-state index contributed by atoms with van der Waals surface area (Å²) >= 11 is 0. The van der Waals surface area contributed by atoms with Crippen molar-refractivity contribution in [2.45, 2.75) is 32.2 Å². The number of nitrogens with zero attached hydrogens (tertiary/aromatic N) is 1. The predicted octanol–water partition coefficient (Wildman–Crippen LogP) is 3.11. The quantitative estimate of drug-likeness (QED) is 0.591. The van der Waals surface area contributed by atoms with Crippen LogP contribution in [0.4, 0.5) is 20.2 Å². The van der Waals surface area contributed by atoms with E-state index in [9.17, 15) is 18.9 Å². The number of alkyl halides is 2. The lowest BCUT2D eigenvalue weighted by atomic mass is 10.1. The molecular formula is C12H16F2N2O3. The lowest BCUT2D eigenvalue weighted by molar-refractivity contribution is -0.385. The summed E-state index contributed by atoms with van der Waals surface area (Å²) in [5, 5.41) is 22.1. The Bertz CT molecular complexity index is 441. The number of nitrogens with one attached hydrogen (secondary N) is 1. The van der Waals surface area contributed by atoms with E-state index in [4.69, 9.17) is 5.11 Å². The zero-order valence-electron chi connectivity index (χ0n) is 10.5. The van der Waals surface area contributed by atoms with Crippen LogP contribution in [0.5, 0.6) is 0 Å². The summed E-state index contributed by atoms with van der Waals surface area (Å²) in [6, 6.07) is 3.25. The van der Waals surface area contributed by atoms with Gasteiger partial charge in [-0.3, -0.25) is 10.1 Å². The maximum Gasteiger partial charge on any atom is 0.270 e. The van der Waals surface area contributed by atoms with E-state index < -0.39 is 11.3 Å². The summed E-state index contributed by atoms with van der Waals surface area (Å²) in [6.07, 6.45) is -1.60. The molecule has 0 spiro atoms. The van der Waals surface area contributed by atoms with Gasteiger partial charge in [-0.2, -0.15) is 0 Å². The van der Waals surface area contributed by atoms with E-state index in [1.165, 1.54) is 12.1 Å². The van der Waals surface area contributed by atoms with Crippen molar-refractivity contribution in [3.8, 4) is 0 Å². The molecule has 0 aliphatic heterocycles. The van der Waals surface area contributed by atoms with Gasteiger partial charge in [0, 0.05) is 36.0 Å². The number of halogens is 2. The molecule has 1 atom stereocenters. The average molecular weight is 274 g/mol. The standard InChI is InChI=1S/C12H16F2N2O3/c1-8(3-2-6-17)15-11-5-4-9(16(18)19)7-10(11)12(13)14/h4-5,7-8,12,15,17H,2-3,6H2,1H3. The SMILES string of the molecule is CC(CCCO)Nc1ccc([N+](=O)[O-])cc1C(F)F. The molecule has 5 nitrogen and oxygen atoms in total. The monoisotopic (exact) mass is 274 g/mol. The van der Waals surface area contributed by atoms with Gasteiger partial charge < -0.3 is 10.4 Å². The van der Waals surface area contributed by atoms with Crippen LogP contribution in [0.25, 0.3) is 0 Å². The molecule has 7 heteroatoms. The third-order valence-corrected chi connectivity index (χ3v) is 2.68.